The molecule has 1 aliphatic heterocycles. The normalized spacial score (nSPS) is 12.4. The Balaban J connectivity index is -0.000000358. The van der Waals surface area contributed by atoms with Crippen LogP contribution in [0, 0.1) is 0 Å². The topological polar surface area (TPSA) is 140 Å². The van der Waals surface area contributed by atoms with E-state index in [0.29, 0.717) is 31.8 Å². The van der Waals surface area contributed by atoms with E-state index in [4.69, 9.17) is 19.7 Å². The van der Waals surface area contributed by atoms with Gasteiger partial charge in [0.15, 0.2) is 0 Å². The summed E-state index contributed by atoms with van der Waals surface area (Å²) in [6.45, 7) is 21.6. The number of hydrogen-bond donors (Lipinski definition) is 2. The van der Waals surface area contributed by atoms with E-state index in [9.17, 15) is 19.2 Å². The molecule has 0 saturated carbocycles. The predicted molar refractivity (Wildman–Crippen MR) is 121 cm³/mol. The van der Waals surface area contributed by atoms with Gasteiger partial charge in [-0.25, -0.2) is 19.2 Å². The van der Waals surface area contributed by atoms with Crippen LogP contribution >= 0.6 is 0 Å². The summed E-state index contributed by atoms with van der Waals surface area (Å²) >= 11 is 0. The van der Waals surface area contributed by atoms with Crippen LogP contribution in [0.5, 0.6) is 0 Å². The predicted octanol–water partition coefficient (Wildman–Crippen LogP) is 3.70. The van der Waals surface area contributed by atoms with Gasteiger partial charge >= 0.3 is 23.9 Å². The van der Waals surface area contributed by atoms with Crippen LogP contribution in [0.4, 0.5) is 0 Å². The van der Waals surface area contributed by atoms with Crippen molar-refractivity contribution in [3.63, 3.8) is 0 Å². The van der Waals surface area contributed by atoms with Crippen molar-refractivity contribution < 1.29 is 43.6 Å². The third-order valence-corrected chi connectivity index (χ3v) is 3.15. The van der Waals surface area contributed by atoms with Crippen molar-refractivity contribution in [3.05, 3.63) is 49.1 Å². The Morgan fingerprint density at radius 2 is 1.50 bits per heavy atom. The number of carbonyl (C=O) groups excluding carboxylic acids is 2. The molecule has 1 heterocycles. The molecule has 9 heteroatoms. The first-order valence-electron chi connectivity index (χ1n) is 9.87. The van der Waals surface area contributed by atoms with E-state index >= 15 is 0 Å². The summed E-state index contributed by atoms with van der Waals surface area (Å²) in [7, 11) is 0. The van der Waals surface area contributed by atoms with E-state index in [0.717, 1.165) is 12.8 Å². The minimum atomic E-state index is -0.935. The summed E-state index contributed by atoms with van der Waals surface area (Å²) in [6, 6.07) is 0. The number of unbranched alkanes of at least 4 members (excludes halogenated alkanes) is 1. The van der Waals surface area contributed by atoms with E-state index < -0.39 is 11.9 Å². The van der Waals surface area contributed by atoms with Crippen LogP contribution in [-0.4, -0.2) is 60.0 Å². The lowest BCUT2D eigenvalue weighted by atomic mass is 10.2. The zero-order valence-electron chi connectivity index (χ0n) is 19.5. The third-order valence-electron chi connectivity index (χ3n) is 3.15. The maximum Gasteiger partial charge on any atom is 0.333 e. The van der Waals surface area contributed by atoms with Crippen molar-refractivity contribution >= 4 is 23.9 Å². The molecule has 1 saturated heterocycles. The third kappa shape index (κ3) is 26.8. The van der Waals surface area contributed by atoms with Crippen molar-refractivity contribution in [1.82, 2.24) is 0 Å². The van der Waals surface area contributed by atoms with Crippen LogP contribution in [0.1, 0.15) is 47.0 Å². The minimum absolute atomic E-state index is 0.142. The Labute approximate surface area is 190 Å². The van der Waals surface area contributed by atoms with Crippen molar-refractivity contribution in [2.75, 3.05) is 19.8 Å². The number of esters is 2. The fourth-order valence-corrected chi connectivity index (χ4v) is 0.983. The molecular weight excluding hydrogens is 420 g/mol. The maximum absolute atomic E-state index is 10.7. The molecule has 0 spiro atoms. The van der Waals surface area contributed by atoms with Crippen molar-refractivity contribution in [1.29, 1.82) is 0 Å². The number of carbonyl (C=O) groups is 4. The lowest BCUT2D eigenvalue weighted by Gasteiger charge is -1.99. The second-order valence-electron chi connectivity index (χ2n) is 6.41. The fraction of sp³-hybridized carbons (Fsp3) is 0.478. The highest BCUT2D eigenvalue weighted by atomic mass is 16.6. The molecule has 1 unspecified atom stereocenters. The molecule has 0 aromatic rings. The van der Waals surface area contributed by atoms with Gasteiger partial charge in [0.1, 0.15) is 12.7 Å². The highest BCUT2D eigenvalue weighted by molar-refractivity contribution is 5.87. The van der Waals surface area contributed by atoms with Crippen molar-refractivity contribution in [2.45, 2.75) is 53.1 Å². The van der Waals surface area contributed by atoms with Gasteiger partial charge in [-0.1, -0.05) is 46.6 Å². The standard InChI is InChI=1S/C7H10O3.C7H12O2.C5H8O2.C4H6O2/c1-5(2)7(8)10-4-6-3-9-6;1-3-5-6-9-7(8)4-2;1-3-4(2)5(6)7;1-3(2)4(5)6/h6H,1,3-4H2,2H3;4H,2-3,5-6H2,1H3;2-3H2,1H3,(H,6,7);1H2,2H3,(H,5,6). The molecule has 0 radical (unpaired) electrons. The molecule has 1 fully saturated rings. The minimum Gasteiger partial charge on any atom is -0.478 e. The molecule has 0 aromatic heterocycles. The van der Waals surface area contributed by atoms with Crippen LogP contribution in [0.3, 0.4) is 0 Å². The second kappa shape index (κ2) is 21.0. The molecule has 0 aliphatic carbocycles. The van der Waals surface area contributed by atoms with Crippen LogP contribution in [0.2, 0.25) is 0 Å². The molecule has 0 amide bonds. The van der Waals surface area contributed by atoms with Gasteiger partial charge < -0.3 is 24.4 Å². The Morgan fingerprint density at radius 3 is 1.75 bits per heavy atom. The highest BCUT2D eigenvalue weighted by Gasteiger charge is 2.24. The summed E-state index contributed by atoms with van der Waals surface area (Å²) in [6.07, 6.45) is 3.82. The number of carboxylic acids is 2. The zero-order valence-corrected chi connectivity index (χ0v) is 19.5. The van der Waals surface area contributed by atoms with E-state index in [1.54, 1.807) is 13.8 Å². The molecule has 1 rings (SSSR count). The first-order valence-corrected chi connectivity index (χ1v) is 9.87. The number of aliphatic carboxylic acids is 2. The number of hydrogen-bond acceptors (Lipinski definition) is 7. The monoisotopic (exact) mass is 456 g/mol. The van der Waals surface area contributed by atoms with Crippen LogP contribution in [0.25, 0.3) is 0 Å². The molecule has 1 atom stereocenters. The lowest BCUT2D eigenvalue weighted by Crippen LogP contribution is -2.09. The molecule has 9 nitrogen and oxygen atoms in total. The number of rotatable bonds is 10. The first kappa shape index (κ1) is 33.4. The largest absolute Gasteiger partial charge is 0.478 e. The SMILES string of the molecule is C=C(C)C(=O)O.C=C(C)C(=O)OCC1CO1.C=C(CC)C(=O)O.C=CC(=O)OCCCC. The number of epoxide rings is 1. The zero-order chi connectivity index (χ0) is 25.7. The number of carboxylic acid groups (broad SMARTS) is 2. The molecule has 2 N–H and O–H groups in total. The molecule has 0 bridgehead atoms. The fourth-order valence-electron chi connectivity index (χ4n) is 0.983. The Morgan fingerprint density at radius 1 is 1.00 bits per heavy atom. The second-order valence-corrected chi connectivity index (χ2v) is 6.41. The molecule has 32 heavy (non-hydrogen) atoms. The Hall–Kier alpha value is -3.20. The van der Waals surface area contributed by atoms with Gasteiger partial charge in [0, 0.05) is 22.8 Å². The Bertz CT molecular complexity index is 646. The summed E-state index contributed by atoms with van der Waals surface area (Å²) < 4.78 is 14.3. The highest BCUT2D eigenvalue weighted by Crippen LogP contribution is 2.09. The number of ether oxygens (including phenoxy) is 3. The van der Waals surface area contributed by atoms with E-state index in [1.165, 1.54) is 13.0 Å². The summed E-state index contributed by atoms with van der Waals surface area (Å²) in [5.41, 5.74) is 0.871. The van der Waals surface area contributed by atoms with Gasteiger partial charge in [0.25, 0.3) is 0 Å². The van der Waals surface area contributed by atoms with Gasteiger partial charge in [0.05, 0.1) is 13.2 Å². The van der Waals surface area contributed by atoms with E-state index in [2.05, 4.69) is 31.1 Å². The maximum atomic E-state index is 10.7. The van der Waals surface area contributed by atoms with Gasteiger partial charge in [-0.2, -0.15) is 0 Å². The molecular formula is C23H36O9. The van der Waals surface area contributed by atoms with Gasteiger partial charge in [-0.05, 0) is 26.7 Å². The van der Waals surface area contributed by atoms with E-state index in [-0.39, 0.29) is 29.2 Å². The molecule has 182 valence electrons. The average molecular weight is 457 g/mol. The van der Waals surface area contributed by atoms with Crippen molar-refractivity contribution in [2.24, 2.45) is 0 Å². The average Bonchev–Trinajstić information content (AvgIpc) is 3.57. The van der Waals surface area contributed by atoms with Gasteiger partial charge in [-0.3, -0.25) is 0 Å². The molecule has 1 aliphatic rings. The Kier molecular flexibility index (Phi) is 22.0. The van der Waals surface area contributed by atoms with Crippen molar-refractivity contribution in [3.8, 4) is 0 Å². The van der Waals surface area contributed by atoms with E-state index in [1.807, 2.05) is 6.92 Å². The summed E-state index contributed by atoms with van der Waals surface area (Å²) in [4.78, 5) is 40.5. The quantitative estimate of drug-likeness (QED) is 0.218. The van der Waals surface area contributed by atoms with Gasteiger partial charge in [0.2, 0.25) is 0 Å². The summed E-state index contributed by atoms with van der Waals surface area (Å²) in [5.74, 6) is -2.50. The smallest absolute Gasteiger partial charge is 0.333 e. The lowest BCUT2D eigenvalue weighted by molar-refractivity contribution is -0.139. The van der Waals surface area contributed by atoms with Gasteiger partial charge in [-0.15, -0.1) is 0 Å². The summed E-state index contributed by atoms with van der Waals surface area (Å²) in [5, 5.41) is 16.0. The van der Waals surface area contributed by atoms with Crippen LogP contribution in [0.15, 0.2) is 49.1 Å². The first-order chi connectivity index (χ1) is 14.8. The van der Waals surface area contributed by atoms with Crippen LogP contribution < -0.4 is 0 Å². The molecule has 0 aromatic carbocycles. The van der Waals surface area contributed by atoms with Crippen LogP contribution in [-0.2, 0) is 33.4 Å².